The second-order valence-electron chi connectivity index (χ2n) is 3.73. The second kappa shape index (κ2) is 6.59. The summed E-state index contributed by atoms with van der Waals surface area (Å²) in [5.41, 5.74) is 7.20. The van der Waals surface area contributed by atoms with Crippen molar-refractivity contribution in [1.29, 1.82) is 0 Å². The smallest absolute Gasteiger partial charge is 0.274 e. The molecular formula is C11H14Cl2N2O2. The van der Waals surface area contributed by atoms with E-state index in [0.717, 1.165) is 5.57 Å². The maximum Gasteiger partial charge on any atom is 0.274 e. The number of nitro benzene ring substituents is 1. The fourth-order valence-corrected chi connectivity index (χ4v) is 1.65. The first-order valence-corrected chi connectivity index (χ1v) is 5.13. The van der Waals surface area contributed by atoms with Crippen LogP contribution in [0.5, 0.6) is 0 Å². The van der Waals surface area contributed by atoms with Crippen LogP contribution >= 0.6 is 24.0 Å². The van der Waals surface area contributed by atoms with Gasteiger partial charge < -0.3 is 5.73 Å². The van der Waals surface area contributed by atoms with E-state index in [9.17, 15) is 10.1 Å². The predicted molar refractivity (Wildman–Crippen MR) is 71.7 cm³/mol. The Morgan fingerprint density at radius 2 is 2.24 bits per heavy atom. The lowest BCUT2D eigenvalue weighted by molar-refractivity contribution is -0.385. The fraction of sp³-hybridized carbons (Fsp3) is 0.273. The molecule has 1 aromatic rings. The zero-order chi connectivity index (χ0) is 12.3. The zero-order valence-corrected chi connectivity index (χ0v) is 10.9. The summed E-state index contributed by atoms with van der Waals surface area (Å²) in [6.07, 6.45) is 0.501. The molecule has 0 aliphatic rings. The van der Waals surface area contributed by atoms with E-state index in [-0.39, 0.29) is 18.1 Å². The van der Waals surface area contributed by atoms with E-state index in [1.807, 2.05) is 6.92 Å². The Bertz CT molecular complexity index is 435. The molecule has 6 heteroatoms. The topological polar surface area (TPSA) is 69.2 Å². The highest BCUT2D eigenvalue weighted by Crippen LogP contribution is 2.29. The van der Waals surface area contributed by atoms with Gasteiger partial charge in [0.1, 0.15) is 0 Å². The summed E-state index contributed by atoms with van der Waals surface area (Å²) in [5.74, 6) is 0. The number of nitro groups is 1. The lowest BCUT2D eigenvalue weighted by Gasteiger charge is -2.12. The van der Waals surface area contributed by atoms with Crippen LogP contribution in [-0.2, 0) is 0 Å². The molecule has 1 rings (SSSR count). The van der Waals surface area contributed by atoms with Gasteiger partial charge in [0.05, 0.1) is 4.92 Å². The van der Waals surface area contributed by atoms with Gasteiger partial charge in [0.2, 0.25) is 0 Å². The highest BCUT2D eigenvalue weighted by atomic mass is 35.5. The van der Waals surface area contributed by atoms with Crippen molar-refractivity contribution in [2.24, 2.45) is 5.73 Å². The van der Waals surface area contributed by atoms with Gasteiger partial charge in [-0.2, -0.15) is 0 Å². The Morgan fingerprint density at radius 3 is 2.71 bits per heavy atom. The predicted octanol–water partition coefficient (Wildman–Crippen LogP) is 3.64. The lowest BCUT2D eigenvalue weighted by atomic mass is 10.00. The number of rotatable bonds is 4. The number of hydrogen-bond acceptors (Lipinski definition) is 3. The third-order valence-electron chi connectivity index (χ3n) is 2.15. The Morgan fingerprint density at radius 1 is 1.65 bits per heavy atom. The van der Waals surface area contributed by atoms with Gasteiger partial charge in [-0.3, -0.25) is 10.1 Å². The van der Waals surface area contributed by atoms with Gasteiger partial charge in [0, 0.05) is 22.7 Å². The van der Waals surface area contributed by atoms with E-state index >= 15 is 0 Å². The van der Waals surface area contributed by atoms with Gasteiger partial charge in [-0.05, 0) is 25.5 Å². The van der Waals surface area contributed by atoms with Crippen molar-refractivity contribution in [2.75, 3.05) is 0 Å². The second-order valence-corrected chi connectivity index (χ2v) is 4.16. The maximum atomic E-state index is 10.8. The van der Waals surface area contributed by atoms with Crippen LogP contribution in [0.15, 0.2) is 30.4 Å². The van der Waals surface area contributed by atoms with Crippen molar-refractivity contribution in [3.05, 3.63) is 51.1 Å². The van der Waals surface area contributed by atoms with Gasteiger partial charge >= 0.3 is 0 Å². The summed E-state index contributed by atoms with van der Waals surface area (Å²) in [7, 11) is 0. The molecule has 2 N–H and O–H groups in total. The molecule has 0 amide bonds. The van der Waals surface area contributed by atoms with E-state index in [1.165, 1.54) is 18.2 Å². The lowest BCUT2D eigenvalue weighted by Crippen LogP contribution is -2.12. The molecule has 4 nitrogen and oxygen atoms in total. The Labute approximate surface area is 111 Å². The van der Waals surface area contributed by atoms with E-state index in [2.05, 4.69) is 6.58 Å². The van der Waals surface area contributed by atoms with Crippen LogP contribution in [0.25, 0.3) is 0 Å². The normalized spacial score (nSPS) is 11.5. The van der Waals surface area contributed by atoms with Crippen molar-refractivity contribution in [3.8, 4) is 0 Å². The minimum absolute atomic E-state index is 0. The molecule has 1 atom stereocenters. The molecule has 0 aromatic heterocycles. The SMILES string of the molecule is C=C(C)C[C@@H](N)c1cc(Cl)ccc1[N+](=O)[O-].Cl. The third-order valence-corrected chi connectivity index (χ3v) is 2.39. The molecule has 0 heterocycles. The largest absolute Gasteiger partial charge is 0.323 e. The fourth-order valence-electron chi connectivity index (χ4n) is 1.47. The molecule has 0 aliphatic carbocycles. The first-order chi connectivity index (χ1) is 7.41. The van der Waals surface area contributed by atoms with Crippen molar-refractivity contribution in [1.82, 2.24) is 0 Å². The minimum Gasteiger partial charge on any atom is -0.323 e. The quantitative estimate of drug-likeness (QED) is 0.519. The van der Waals surface area contributed by atoms with Crippen LogP contribution in [0.4, 0.5) is 5.69 Å². The van der Waals surface area contributed by atoms with Gasteiger partial charge in [0.15, 0.2) is 0 Å². The molecular weight excluding hydrogens is 263 g/mol. The monoisotopic (exact) mass is 276 g/mol. The molecule has 0 unspecified atom stereocenters. The number of hydrogen-bond donors (Lipinski definition) is 1. The van der Waals surface area contributed by atoms with E-state index < -0.39 is 11.0 Å². The molecule has 1 aromatic carbocycles. The summed E-state index contributed by atoms with van der Waals surface area (Å²) >= 11 is 5.80. The number of nitrogens with two attached hydrogens (primary N) is 1. The van der Waals surface area contributed by atoms with E-state index in [4.69, 9.17) is 17.3 Å². The molecule has 0 aliphatic heterocycles. The molecule has 0 bridgehead atoms. The van der Waals surface area contributed by atoms with Crippen LogP contribution < -0.4 is 5.73 Å². The molecule has 0 radical (unpaired) electrons. The van der Waals surface area contributed by atoms with Gasteiger partial charge in [0.25, 0.3) is 5.69 Å². The summed E-state index contributed by atoms with van der Waals surface area (Å²) in [6.45, 7) is 5.56. The molecule has 0 spiro atoms. The molecule has 17 heavy (non-hydrogen) atoms. The van der Waals surface area contributed by atoms with Crippen molar-refractivity contribution < 1.29 is 4.92 Å². The number of halogens is 2. The van der Waals surface area contributed by atoms with E-state index in [0.29, 0.717) is 17.0 Å². The standard InChI is InChI=1S/C11H13ClN2O2.ClH/c1-7(2)5-10(13)9-6-8(12)3-4-11(9)14(15)16;/h3-4,6,10H,1,5,13H2,2H3;1H/t10-;/m1./s1. The summed E-state index contributed by atoms with van der Waals surface area (Å²) in [4.78, 5) is 10.4. The first kappa shape index (κ1) is 15.9. The molecule has 0 fully saturated rings. The van der Waals surface area contributed by atoms with Gasteiger partial charge in [-0.15, -0.1) is 19.0 Å². The number of nitrogens with zero attached hydrogens (tertiary/aromatic N) is 1. The molecule has 0 saturated carbocycles. The summed E-state index contributed by atoms with van der Waals surface area (Å²) in [6, 6.07) is 3.94. The third kappa shape index (κ3) is 4.34. The molecule has 0 saturated heterocycles. The van der Waals surface area contributed by atoms with Crippen LogP contribution in [0, 0.1) is 10.1 Å². The summed E-state index contributed by atoms with van der Waals surface area (Å²) in [5, 5.41) is 11.3. The van der Waals surface area contributed by atoms with Crippen LogP contribution in [-0.4, -0.2) is 4.92 Å². The summed E-state index contributed by atoms with van der Waals surface area (Å²) < 4.78 is 0. The maximum absolute atomic E-state index is 10.8. The Balaban J connectivity index is 0.00000256. The minimum atomic E-state index is -0.454. The van der Waals surface area contributed by atoms with Gasteiger partial charge in [-0.1, -0.05) is 17.2 Å². The molecule has 94 valence electrons. The highest BCUT2D eigenvalue weighted by molar-refractivity contribution is 6.30. The Kier molecular flexibility index (Phi) is 6.16. The highest BCUT2D eigenvalue weighted by Gasteiger charge is 2.19. The van der Waals surface area contributed by atoms with Crippen LogP contribution in [0.2, 0.25) is 5.02 Å². The average Bonchev–Trinajstić information content (AvgIpc) is 2.15. The Hall–Kier alpha value is -1.10. The van der Waals surface area contributed by atoms with Gasteiger partial charge in [-0.25, -0.2) is 0 Å². The van der Waals surface area contributed by atoms with Crippen molar-refractivity contribution >= 4 is 29.7 Å². The average molecular weight is 277 g/mol. The van der Waals surface area contributed by atoms with Crippen LogP contribution in [0.1, 0.15) is 24.9 Å². The number of benzene rings is 1. The van der Waals surface area contributed by atoms with Crippen molar-refractivity contribution in [2.45, 2.75) is 19.4 Å². The zero-order valence-electron chi connectivity index (χ0n) is 9.35. The van der Waals surface area contributed by atoms with Crippen LogP contribution in [0.3, 0.4) is 0 Å². The first-order valence-electron chi connectivity index (χ1n) is 4.75. The van der Waals surface area contributed by atoms with Crippen molar-refractivity contribution in [3.63, 3.8) is 0 Å². The van der Waals surface area contributed by atoms with E-state index in [1.54, 1.807) is 0 Å².